The molecule has 1 aliphatic rings. The van der Waals surface area contributed by atoms with Crippen molar-refractivity contribution in [3.63, 3.8) is 0 Å². The number of benzene rings is 2. The van der Waals surface area contributed by atoms with Crippen molar-refractivity contribution in [3.05, 3.63) is 95.5 Å². The monoisotopic (exact) mass is 440 g/mol. The number of carboxylic acids is 1. The van der Waals surface area contributed by atoms with Crippen molar-refractivity contribution in [1.82, 2.24) is 20.2 Å². The van der Waals surface area contributed by atoms with Crippen LogP contribution >= 0.6 is 0 Å². The van der Waals surface area contributed by atoms with Crippen LogP contribution in [-0.4, -0.2) is 31.2 Å². The first kappa shape index (κ1) is 20.8. The summed E-state index contributed by atoms with van der Waals surface area (Å²) in [6.07, 6.45) is 9.08. The van der Waals surface area contributed by atoms with Crippen molar-refractivity contribution < 1.29 is 14.3 Å². The molecule has 2 N–H and O–H groups in total. The van der Waals surface area contributed by atoms with Crippen LogP contribution in [0.5, 0.6) is 0 Å². The highest BCUT2D eigenvalue weighted by Gasteiger charge is 2.27. The largest absolute Gasteiger partial charge is 0.478 e. The summed E-state index contributed by atoms with van der Waals surface area (Å²) in [5.41, 5.74) is 5.51. The summed E-state index contributed by atoms with van der Waals surface area (Å²) in [6.45, 7) is 0. The molecule has 2 aromatic heterocycles. The van der Waals surface area contributed by atoms with E-state index < -0.39 is 11.9 Å². The highest BCUT2D eigenvalue weighted by atomic mass is 19.1. The van der Waals surface area contributed by atoms with Gasteiger partial charge in [-0.15, -0.1) is 5.10 Å². The van der Waals surface area contributed by atoms with Crippen LogP contribution in [0.25, 0.3) is 28.1 Å². The lowest BCUT2D eigenvalue weighted by Crippen LogP contribution is -2.15. The third-order valence-electron chi connectivity index (χ3n) is 6.01. The van der Waals surface area contributed by atoms with Gasteiger partial charge in [0, 0.05) is 24.0 Å². The molecule has 0 radical (unpaired) electrons. The molecule has 2 aromatic carbocycles. The van der Waals surface area contributed by atoms with Crippen LogP contribution in [0.2, 0.25) is 0 Å². The molecule has 1 aliphatic carbocycles. The zero-order chi connectivity index (χ0) is 22.8. The van der Waals surface area contributed by atoms with E-state index in [1.54, 1.807) is 12.4 Å². The van der Waals surface area contributed by atoms with Gasteiger partial charge in [0.25, 0.3) is 0 Å². The molecule has 5 rings (SSSR count). The summed E-state index contributed by atoms with van der Waals surface area (Å²) >= 11 is 0. The number of hydrogen-bond donors (Lipinski definition) is 2. The molecule has 33 heavy (non-hydrogen) atoms. The predicted octanol–water partition coefficient (Wildman–Crippen LogP) is 5.35. The van der Waals surface area contributed by atoms with E-state index in [1.807, 2.05) is 36.4 Å². The van der Waals surface area contributed by atoms with E-state index in [-0.39, 0.29) is 0 Å². The Morgan fingerprint density at radius 2 is 1.79 bits per heavy atom. The van der Waals surface area contributed by atoms with Crippen molar-refractivity contribution in [3.8, 4) is 0 Å². The smallest absolute Gasteiger partial charge is 0.328 e. The number of nitrogens with one attached hydrogen (secondary N) is 1. The molecular formula is C26H21FN4O2. The number of hydrogen-bond acceptors (Lipinski definition) is 4. The lowest BCUT2D eigenvalue weighted by atomic mass is 9.73. The van der Waals surface area contributed by atoms with Gasteiger partial charge >= 0.3 is 5.97 Å². The summed E-state index contributed by atoms with van der Waals surface area (Å²) in [5.74, 6) is -0.919. The van der Waals surface area contributed by atoms with E-state index in [1.165, 1.54) is 18.1 Å². The fraction of sp³-hybridized carbons (Fsp3) is 0.154. The molecule has 0 atom stereocenters. The minimum atomic E-state index is -1.06. The SMILES string of the molecule is O=C(O)/C=C/c1ncc(/C(=C(\c2ccccc2)C2CCC2)c2ccc3[nH]nc(F)c3c2)cn1. The van der Waals surface area contributed by atoms with E-state index in [2.05, 4.69) is 32.3 Å². The molecule has 2 heterocycles. The van der Waals surface area contributed by atoms with Crippen LogP contribution < -0.4 is 0 Å². The van der Waals surface area contributed by atoms with Crippen molar-refractivity contribution in [2.45, 2.75) is 19.3 Å². The van der Waals surface area contributed by atoms with Gasteiger partial charge in [-0.25, -0.2) is 14.8 Å². The predicted molar refractivity (Wildman–Crippen MR) is 124 cm³/mol. The van der Waals surface area contributed by atoms with Crippen molar-refractivity contribution in [2.75, 3.05) is 0 Å². The molecule has 0 bridgehead atoms. The summed E-state index contributed by atoms with van der Waals surface area (Å²) in [7, 11) is 0. The van der Waals surface area contributed by atoms with E-state index in [0.29, 0.717) is 22.6 Å². The molecule has 0 aliphatic heterocycles. The van der Waals surface area contributed by atoms with Gasteiger partial charge in [-0.3, -0.25) is 5.10 Å². The molecular weight excluding hydrogens is 419 g/mol. The number of carbonyl (C=O) groups is 1. The van der Waals surface area contributed by atoms with Crippen LogP contribution in [0, 0.1) is 11.9 Å². The second-order valence-corrected chi connectivity index (χ2v) is 8.06. The second kappa shape index (κ2) is 8.78. The number of aromatic amines is 1. The topological polar surface area (TPSA) is 91.8 Å². The maximum Gasteiger partial charge on any atom is 0.328 e. The standard InChI is InChI=1S/C26H21FN4O2/c27-26-20-13-18(9-10-21(20)30-31-26)25(19-14-28-22(29-15-19)11-12-23(32)33)24(17-7-4-8-17)16-5-2-1-3-6-16/h1-3,5-6,9-15,17H,4,7-8H2,(H,30,31)(H,32,33)/b12-11+,25-24+. The summed E-state index contributed by atoms with van der Waals surface area (Å²) < 4.78 is 14.3. The van der Waals surface area contributed by atoms with Crippen LogP contribution in [0.1, 0.15) is 41.8 Å². The molecule has 164 valence electrons. The lowest BCUT2D eigenvalue weighted by Gasteiger charge is -2.31. The highest BCUT2D eigenvalue weighted by molar-refractivity contribution is 6.01. The summed E-state index contributed by atoms with van der Waals surface area (Å²) in [5, 5.41) is 15.7. The zero-order valence-corrected chi connectivity index (χ0v) is 17.7. The van der Waals surface area contributed by atoms with Crippen LogP contribution in [-0.2, 0) is 4.79 Å². The van der Waals surface area contributed by atoms with Crippen LogP contribution in [0.4, 0.5) is 4.39 Å². The minimum absolute atomic E-state index is 0.307. The van der Waals surface area contributed by atoms with Crippen LogP contribution in [0.3, 0.4) is 0 Å². The Morgan fingerprint density at radius 1 is 1.03 bits per heavy atom. The fourth-order valence-electron chi connectivity index (χ4n) is 4.21. The number of rotatable bonds is 6. The van der Waals surface area contributed by atoms with Gasteiger partial charge in [0.2, 0.25) is 5.95 Å². The molecule has 0 amide bonds. The number of fused-ring (bicyclic) bond motifs is 1. The molecule has 6 nitrogen and oxygen atoms in total. The Balaban J connectivity index is 1.73. The number of aromatic nitrogens is 4. The Labute approximate surface area is 189 Å². The van der Waals surface area contributed by atoms with Gasteiger partial charge in [-0.05, 0) is 59.2 Å². The Morgan fingerprint density at radius 3 is 2.45 bits per heavy atom. The average molecular weight is 440 g/mol. The molecule has 1 fully saturated rings. The minimum Gasteiger partial charge on any atom is -0.478 e. The van der Waals surface area contributed by atoms with E-state index in [4.69, 9.17) is 5.11 Å². The molecule has 0 unspecified atom stereocenters. The second-order valence-electron chi connectivity index (χ2n) is 8.06. The molecule has 4 aromatic rings. The van der Waals surface area contributed by atoms with Crippen molar-refractivity contribution in [2.24, 2.45) is 5.92 Å². The van der Waals surface area contributed by atoms with E-state index >= 15 is 0 Å². The number of allylic oxidation sites excluding steroid dienone is 1. The van der Waals surface area contributed by atoms with Crippen LogP contribution in [0.15, 0.2) is 67.0 Å². The first-order chi connectivity index (χ1) is 16.1. The number of carboxylic acid groups (broad SMARTS) is 1. The zero-order valence-electron chi connectivity index (χ0n) is 17.7. The first-order valence-corrected chi connectivity index (χ1v) is 10.8. The van der Waals surface area contributed by atoms with E-state index in [9.17, 15) is 9.18 Å². The maximum absolute atomic E-state index is 14.3. The van der Waals surface area contributed by atoms with Gasteiger partial charge in [0.15, 0.2) is 5.82 Å². The number of nitrogens with zero attached hydrogens (tertiary/aromatic N) is 3. The average Bonchev–Trinajstić information content (AvgIpc) is 3.17. The summed E-state index contributed by atoms with van der Waals surface area (Å²) in [4.78, 5) is 19.5. The highest BCUT2D eigenvalue weighted by Crippen LogP contribution is 2.45. The Bertz CT molecular complexity index is 1370. The lowest BCUT2D eigenvalue weighted by molar-refractivity contribution is -0.131. The quantitative estimate of drug-likeness (QED) is 0.312. The maximum atomic E-state index is 14.3. The number of aliphatic carboxylic acids is 1. The molecule has 0 spiro atoms. The number of halogens is 1. The molecule has 7 heteroatoms. The molecule has 1 saturated carbocycles. The first-order valence-electron chi connectivity index (χ1n) is 10.8. The van der Waals surface area contributed by atoms with Gasteiger partial charge < -0.3 is 5.11 Å². The van der Waals surface area contributed by atoms with Crippen molar-refractivity contribution in [1.29, 1.82) is 0 Å². The van der Waals surface area contributed by atoms with Gasteiger partial charge in [0.05, 0.1) is 10.9 Å². The van der Waals surface area contributed by atoms with E-state index in [0.717, 1.165) is 41.2 Å². The third-order valence-corrected chi connectivity index (χ3v) is 6.01. The van der Waals surface area contributed by atoms with Gasteiger partial charge in [-0.2, -0.15) is 4.39 Å². The fourth-order valence-corrected chi connectivity index (χ4v) is 4.21. The normalized spacial score (nSPS) is 14.9. The van der Waals surface area contributed by atoms with Gasteiger partial charge in [0.1, 0.15) is 0 Å². The van der Waals surface area contributed by atoms with Crippen molar-refractivity contribution >= 4 is 34.1 Å². The Hall–Kier alpha value is -4.13. The summed E-state index contributed by atoms with van der Waals surface area (Å²) in [6, 6.07) is 15.8. The number of H-pyrrole nitrogens is 1. The molecule has 0 saturated heterocycles. The third kappa shape index (κ3) is 4.17. The Kier molecular flexibility index (Phi) is 5.52. The van der Waals surface area contributed by atoms with Gasteiger partial charge in [-0.1, -0.05) is 42.8 Å².